The second-order valence-electron chi connectivity index (χ2n) is 4.40. The maximum Gasteiger partial charge on any atom is 0.343 e. The number of aromatic nitrogens is 2. The Balaban J connectivity index is 1.82. The first kappa shape index (κ1) is 12.4. The molecule has 19 heavy (non-hydrogen) atoms. The summed E-state index contributed by atoms with van der Waals surface area (Å²) in [7, 11) is 0. The molecule has 1 aromatic carbocycles. The number of nitrogens with zero attached hydrogens (tertiary/aromatic N) is 3. The van der Waals surface area contributed by atoms with Crippen molar-refractivity contribution in [2.45, 2.75) is 19.3 Å². The lowest BCUT2D eigenvalue weighted by molar-refractivity contribution is 0.107. The molecule has 1 aliphatic heterocycles. The number of benzene rings is 1. The standard InChI is InChI=1S/C13H14ClN3O2/c14-11-6-4-5-10(9-11)12-15-16-13(19-12)17-7-2-1-3-8-18-17/h4-6,9H,1-3,7-8H2. The molecule has 6 heteroatoms. The molecule has 0 atom stereocenters. The summed E-state index contributed by atoms with van der Waals surface area (Å²) in [6.45, 7) is 1.46. The van der Waals surface area contributed by atoms with Crippen molar-refractivity contribution in [1.82, 2.24) is 10.2 Å². The molecule has 0 spiro atoms. The minimum Gasteiger partial charge on any atom is -0.402 e. The highest BCUT2D eigenvalue weighted by molar-refractivity contribution is 6.30. The van der Waals surface area contributed by atoms with Gasteiger partial charge in [0.15, 0.2) is 0 Å². The second-order valence-corrected chi connectivity index (χ2v) is 4.83. The summed E-state index contributed by atoms with van der Waals surface area (Å²) in [4.78, 5) is 5.57. The van der Waals surface area contributed by atoms with Crippen LogP contribution in [0.2, 0.25) is 5.02 Å². The number of rotatable bonds is 2. The van der Waals surface area contributed by atoms with E-state index in [1.807, 2.05) is 12.1 Å². The summed E-state index contributed by atoms with van der Waals surface area (Å²) in [6, 6.07) is 7.73. The molecule has 1 saturated heterocycles. The van der Waals surface area contributed by atoms with E-state index in [2.05, 4.69) is 10.2 Å². The molecule has 0 bridgehead atoms. The molecule has 0 N–H and O–H groups in total. The van der Waals surface area contributed by atoms with Crippen LogP contribution in [0, 0.1) is 0 Å². The number of hydrogen-bond donors (Lipinski definition) is 0. The van der Waals surface area contributed by atoms with Crippen LogP contribution in [0.15, 0.2) is 28.7 Å². The maximum absolute atomic E-state index is 5.95. The Morgan fingerprint density at radius 1 is 1.16 bits per heavy atom. The van der Waals surface area contributed by atoms with Gasteiger partial charge in [-0.1, -0.05) is 22.8 Å². The lowest BCUT2D eigenvalue weighted by atomic mass is 10.2. The van der Waals surface area contributed by atoms with E-state index in [-0.39, 0.29) is 0 Å². The number of hydrogen-bond acceptors (Lipinski definition) is 5. The Bertz CT molecular complexity index is 550. The molecule has 0 saturated carbocycles. The van der Waals surface area contributed by atoms with Crippen LogP contribution in [0.25, 0.3) is 11.5 Å². The first-order chi connectivity index (χ1) is 9.33. The monoisotopic (exact) mass is 279 g/mol. The van der Waals surface area contributed by atoms with E-state index in [1.54, 1.807) is 17.2 Å². The smallest absolute Gasteiger partial charge is 0.343 e. The third-order valence-electron chi connectivity index (χ3n) is 2.95. The van der Waals surface area contributed by atoms with Crippen molar-refractivity contribution >= 4 is 17.6 Å². The Labute approximate surface area is 116 Å². The normalized spacial score (nSPS) is 16.4. The van der Waals surface area contributed by atoms with Crippen LogP contribution in [-0.4, -0.2) is 23.3 Å². The summed E-state index contributed by atoms with van der Waals surface area (Å²) < 4.78 is 5.64. The van der Waals surface area contributed by atoms with Crippen LogP contribution in [0.4, 0.5) is 6.01 Å². The average molecular weight is 280 g/mol. The molecule has 1 fully saturated rings. The van der Waals surface area contributed by atoms with Gasteiger partial charge in [-0.05, 0) is 37.5 Å². The first-order valence-electron chi connectivity index (χ1n) is 6.33. The van der Waals surface area contributed by atoms with E-state index in [0.29, 0.717) is 23.5 Å². The topological polar surface area (TPSA) is 51.4 Å². The fourth-order valence-corrected chi connectivity index (χ4v) is 2.17. The van der Waals surface area contributed by atoms with Gasteiger partial charge in [-0.25, -0.2) is 5.06 Å². The van der Waals surface area contributed by atoms with Crippen molar-refractivity contribution in [3.63, 3.8) is 0 Å². The van der Waals surface area contributed by atoms with E-state index >= 15 is 0 Å². The third-order valence-corrected chi connectivity index (χ3v) is 3.19. The Morgan fingerprint density at radius 2 is 2.11 bits per heavy atom. The van der Waals surface area contributed by atoms with Gasteiger partial charge < -0.3 is 4.42 Å². The second kappa shape index (κ2) is 5.59. The number of anilines is 1. The van der Waals surface area contributed by atoms with Crippen molar-refractivity contribution in [1.29, 1.82) is 0 Å². The summed E-state index contributed by atoms with van der Waals surface area (Å²) >= 11 is 5.95. The minimum absolute atomic E-state index is 0.400. The van der Waals surface area contributed by atoms with Gasteiger partial charge in [0.2, 0.25) is 5.89 Å². The Hall–Kier alpha value is -1.59. The summed E-state index contributed by atoms with van der Waals surface area (Å²) in [5.74, 6) is 0.449. The van der Waals surface area contributed by atoms with Gasteiger partial charge in [0.25, 0.3) is 0 Å². The molecule has 5 nitrogen and oxygen atoms in total. The van der Waals surface area contributed by atoms with Crippen LogP contribution < -0.4 is 5.06 Å². The van der Waals surface area contributed by atoms with Gasteiger partial charge in [0.05, 0.1) is 13.2 Å². The molecule has 0 radical (unpaired) electrons. The van der Waals surface area contributed by atoms with E-state index in [9.17, 15) is 0 Å². The van der Waals surface area contributed by atoms with Gasteiger partial charge in [0, 0.05) is 10.6 Å². The minimum atomic E-state index is 0.400. The zero-order valence-electron chi connectivity index (χ0n) is 10.4. The quantitative estimate of drug-likeness (QED) is 0.844. The Kier molecular flexibility index (Phi) is 3.66. The number of halogens is 1. The lowest BCUT2D eigenvalue weighted by Gasteiger charge is -2.15. The molecule has 3 rings (SSSR count). The van der Waals surface area contributed by atoms with Crippen molar-refractivity contribution in [2.75, 3.05) is 18.2 Å². The third kappa shape index (κ3) is 2.88. The molecular formula is C13H14ClN3O2. The maximum atomic E-state index is 5.95. The predicted molar refractivity (Wildman–Crippen MR) is 71.9 cm³/mol. The highest BCUT2D eigenvalue weighted by Gasteiger charge is 2.18. The van der Waals surface area contributed by atoms with Crippen LogP contribution in [0.5, 0.6) is 0 Å². The fraction of sp³-hybridized carbons (Fsp3) is 0.385. The fourth-order valence-electron chi connectivity index (χ4n) is 1.98. The van der Waals surface area contributed by atoms with Crippen LogP contribution in [0.3, 0.4) is 0 Å². The van der Waals surface area contributed by atoms with Gasteiger partial charge in [-0.3, -0.25) is 4.84 Å². The molecule has 0 unspecified atom stereocenters. The van der Waals surface area contributed by atoms with Gasteiger partial charge in [-0.15, -0.1) is 5.10 Å². The molecule has 100 valence electrons. The highest BCUT2D eigenvalue weighted by atomic mass is 35.5. The zero-order valence-corrected chi connectivity index (χ0v) is 11.1. The molecule has 0 amide bonds. The van der Waals surface area contributed by atoms with Crippen molar-refractivity contribution in [2.24, 2.45) is 0 Å². The van der Waals surface area contributed by atoms with Crippen molar-refractivity contribution in [3.8, 4) is 11.5 Å². The van der Waals surface area contributed by atoms with Crippen molar-refractivity contribution in [3.05, 3.63) is 29.3 Å². The predicted octanol–water partition coefficient (Wildman–Crippen LogP) is 3.31. The van der Waals surface area contributed by atoms with Crippen LogP contribution in [0.1, 0.15) is 19.3 Å². The molecule has 2 aromatic rings. The summed E-state index contributed by atoms with van der Waals surface area (Å²) in [5.41, 5.74) is 0.807. The summed E-state index contributed by atoms with van der Waals surface area (Å²) in [6.07, 6.45) is 3.28. The SMILES string of the molecule is Clc1cccc(-c2nnc(N3CCCCCO3)o2)c1. The van der Waals surface area contributed by atoms with Gasteiger partial charge in [0.1, 0.15) is 0 Å². The van der Waals surface area contributed by atoms with E-state index < -0.39 is 0 Å². The molecule has 0 aliphatic carbocycles. The van der Waals surface area contributed by atoms with E-state index in [1.165, 1.54) is 0 Å². The van der Waals surface area contributed by atoms with Crippen LogP contribution >= 0.6 is 11.6 Å². The Morgan fingerprint density at radius 3 is 3.00 bits per heavy atom. The van der Waals surface area contributed by atoms with E-state index in [0.717, 1.165) is 31.4 Å². The van der Waals surface area contributed by atoms with Gasteiger partial charge >= 0.3 is 6.01 Å². The van der Waals surface area contributed by atoms with Crippen LogP contribution in [-0.2, 0) is 4.84 Å². The average Bonchev–Trinajstić information content (AvgIpc) is 2.75. The number of hydroxylamine groups is 1. The molecular weight excluding hydrogens is 266 g/mol. The highest BCUT2D eigenvalue weighted by Crippen LogP contribution is 2.25. The van der Waals surface area contributed by atoms with Gasteiger partial charge in [-0.2, -0.15) is 0 Å². The zero-order chi connectivity index (χ0) is 13.1. The molecule has 1 aromatic heterocycles. The summed E-state index contributed by atoms with van der Waals surface area (Å²) in [5, 5.41) is 10.4. The lowest BCUT2D eigenvalue weighted by Crippen LogP contribution is -2.23. The van der Waals surface area contributed by atoms with Crippen molar-refractivity contribution < 1.29 is 9.25 Å². The first-order valence-corrected chi connectivity index (χ1v) is 6.70. The molecule has 2 heterocycles. The molecule has 1 aliphatic rings. The van der Waals surface area contributed by atoms with E-state index in [4.69, 9.17) is 20.9 Å². The largest absolute Gasteiger partial charge is 0.402 e.